The molecule has 0 aliphatic heterocycles. The second-order valence-corrected chi connectivity index (χ2v) is 6.49. The number of likely N-dealkylation sites (N-methyl/N-ethyl adjacent to an activating group) is 1. The Labute approximate surface area is 150 Å². The smallest absolute Gasteiger partial charge is 0.263 e. The molecule has 0 N–H and O–H groups in total. The van der Waals surface area contributed by atoms with Gasteiger partial charge in [0.2, 0.25) is 0 Å². The molecular formula is C21H27NO3. The normalized spacial score (nSPS) is 11.9. The first-order chi connectivity index (χ1) is 11.9. The van der Waals surface area contributed by atoms with E-state index < -0.39 is 6.10 Å². The Kier molecular flexibility index (Phi) is 6.45. The fourth-order valence-electron chi connectivity index (χ4n) is 2.70. The van der Waals surface area contributed by atoms with Crippen LogP contribution in [0.2, 0.25) is 0 Å². The minimum Gasteiger partial charge on any atom is -0.497 e. The van der Waals surface area contributed by atoms with Crippen molar-refractivity contribution in [3.8, 4) is 11.5 Å². The van der Waals surface area contributed by atoms with Crippen molar-refractivity contribution in [3.05, 3.63) is 59.7 Å². The Balaban J connectivity index is 2.01. The van der Waals surface area contributed by atoms with Crippen LogP contribution in [0.15, 0.2) is 48.5 Å². The van der Waals surface area contributed by atoms with Crippen molar-refractivity contribution in [2.45, 2.75) is 39.3 Å². The molecule has 0 fully saturated rings. The zero-order chi connectivity index (χ0) is 18.4. The standard InChI is InChI=1S/C21H27NO3/c1-15(2)19-8-6-7-9-20(19)25-16(3)21(23)22(4)14-17-10-12-18(24-5)13-11-17/h6-13,15-16H,14H2,1-5H3/t16-/m0/s1. The third-order valence-electron chi connectivity index (χ3n) is 4.15. The topological polar surface area (TPSA) is 38.8 Å². The van der Waals surface area contributed by atoms with Crippen LogP contribution in [-0.4, -0.2) is 31.1 Å². The second kappa shape index (κ2) is 8.56. The van der Waals surface area contributed by atoms with Crippen LogP contribution in [0.3, 0.4) is 0 Å². The number of hydrogen-bond donors (Lipinski definition) is 0. The van der Waals surface area contributed by atoms with Crippen LogP contribution in [0.1, 0.15) is 37.8 Å². The number of ether oxygens (including phenoxy) is 2. The highest BCUT2D eigenvalue weighted by Gasteiger charge is 2.21. The summed E-state index contributed by atoms with van der Waals surface area (Å²) >= 11 is 0. The molecule has 2 rings (SSSR count). The molecule has 0 aliphatic carbocycles. The lowest BCUT2D eigenvalue weighted by atomic mass is 10.0. The maximum atomic E-state index is 12.6. The van der Waals surface area contributed by atoms with E-state index in [9.17, 15) is 4.79 Å². The van der Waals surface area contributed by atoms with Gasteiger partial charge in [-0.05, 0) is 42.2 Å². The summed E-state index contributed by atoms with van der Waals surface area (Å²) in [6.45, 7) is 6.56. The summed E-state index contributed by atoms with van der Waals surface area (Å²) in [5.41, 5.74) is 2.16. The predicted octanol–water partition coefficient (Wildman–Crippen LogP) is 4.24. The Morgan fingerprint density at radius 2 is 1.68 bits per heavy atom. The molecule has 0 bridgehead atoms. The van der Waals surface area contributed by atoms with Crippen molar-refractivity contribution in [2.75, 3.05) is 14.2 Å². The third-order valence-corrected chi connectivity index (χ3v) is 4.15. The summed E-state index contributed by atoms with van der Waals surface area (Å²) in [7, 11) is 3.43. The van der Waals surface area contributed by atoms with E-state index in [1.165, 1.54) is 0 Å². The van der Waals surface area contributed by atoms with Gasteiger partial charge < -0.3 is 14.4 Å². The van der Waals surface area contributed by atoms with Crippen LogP contribution in [0.5, 0.6) is 11.5 Å². The van der Waals surface area contributed by atoms with Crippen LogP contribution >= 0.6 is 0 Å². The van der Waals surface area contributed by atoms with Crippen LogP contribution < -0.4 is 9.47 Å². The fraction of sp³-hybridized carbons (Fsp3) is 0.381. The number of hydrogen-bond acceptors (Lipinski definition) is 3. The van der Waals surface area contributed by atoms with Gasteiger partial charge in [0, 0.05) is 13.6 Å². The van der Waals surface area contributed by atoms with E-state index in [4.69, 9.17) is 9.47 Å². The summed E-state index contributed by atoms with van der Waals surface area (Å²) in [6.07, 6.45) is -0.539. The first-order valence-electron chi connectivity index (χ1n) is 8.56. The van der Waals surface area contributed by atoms with Crippen molar-refractivity contribution in [1.29, 1.82) is 0 Å². The lowest BCUT2D eigenvalue weighted by Gasteiger charge is -2.24. The molecule has 2 aromatic rings. The zero-order valence-corrected chi connectivity index (χ0v) is 15.7. The number of nitrogens with zero attached hydrogens (tertiary/aromatic N) is 1. The Morgan fingerprint density at radius 1 is 1.04 bits per heavy atom. The van der Waals surface area contributed by atoms with Crippen molar-refractivity contribution >= 4 is 5.91 Å². The molecule has 0 spiro atoms. The predicted molar refractivity (Wildman–Crippen MR) is 100 cm³/mol. The molecule has 0 aliphatic rings. The average Bonchev–Trinajstić information content (AvgIpc) is 2.61. The highest BCUT2D eigenvalue weighted by atomic mass is 16.5. The molecule has 0 unspecified atom stereocenters. The van der Waals surface area contributed by atoms with E-state index in [0.717, 1.165) is 22.6 Å². The summed E-state index contributed by atoms with van der Waals surface area (Å²) in [6, 6.07) is 15.6. The van der Waals surface area contributed by atoms with Crippen LogP contribution in [0, 0.1) is 0 Å². The lowest BCUT2D eigenvalue weighted by Crippen LogP contribution is -2.37. The van der Waals surface area contributed by atoms with Gasteiger partial charge in [0.1, 0.15) is 11.5 Å². The van der Waals surface area contributed by atoms with E-state index in [0.29, 0.717) is 12.5 Å². The third kappa shape index (κ3) is 4.99. The molecule has 4 nitrogen and oxygen atoms in total. The van der Waals surface area contributed by atoms with E-state index >= 15 is 0 Å². The molecule has 134 valence electrons. The van der Waals surface area contributed by atoms with Crippen molar-refractivity contribution < 1.29 is 14.3 Å². The largest absolute Gasteiger partial charge is 0.497 e. The lowest BCUT2D eigenvalue weighted by molar-refractivity contribution is -0.137. The van der Waals surface area contributed by atoms with E-state index in [2.05, 4.69) is 13.8 Å². The summed E-state index contributed by atoms with van der Waals surface area (Å²) in [5, 5.41) is 0. The van der Waals surface area contributed by atoms with Crippen LogP contribution in [-0.2, 0) is 11.3 Å². The van der Waals surface area contributed by atoms with Crippen molar-refractivity contribution in [2.24, 2.45) is 0 Å². The quantitative estimate of drug-likeness (QED) is 0.756. The maximum Gasteiger partial charge on any atom is 0.263 e. The van der Waals surface area contributed by atoms with Crippen molar-refractivity contribution in [3.63, 3.8) is 0 Å². The van der Waals surface area contributed by atoms with E-state index in [-0.39, 0.29) is 5.91 Å². The highest BCUT2D eigenvalue weighted by Crippen LogP contribution is 2.27. The number of carbonyl (C=O) groups is 1. The van der Waals surface area contributed by atoms with Gasteiger partial charge in [-0.25, -0.2) is 0 Å². The number of benzene rings is 2. The number of amides is 1. The Bertz CT molecular complexity index is 695. The molecule has 0 saturated heterocycles. The first-order valence-corrected chi connectivity index (χ1v) is 8.56. The SMILES string of the molecule is COc1ccc(CN(C)C(=O)[C@H](C)Oc2ccccc2C(C)C)cc1. The number of methoxy groups -OCH3 is 1. The summed E-state index contributed by atoms with van der Waals surface area (Å²) in [5.74, 6) is 1.88. The van der Waals surface area contributed by atoms with Gasteiger partial charge in [-0.15, -0.1) is 0 Å². The highest BCUT2D eigenvalue weighted by molar-refractivity contribution is 5.80. The minimum atomic E-state index is -0.539. The van der Waals surface area contributed by atoms with Gasteiger partial charge in [0.05, 0.1) is 7.11 Å². The number of rotatable bonds is 7. The van der Waals surface area contributed by atoms with Gasteiger partial charge in [0.15, 0.2) is 6.10 Å². The molecule has 0 saturated carbocycles. The molecule has 0 heterocycles. The van der Waals surface area contributed by atoms with Gasteiger partial charge in [-0.3, -0.25) is 4.79 Å². The zero-order valence-electron chi connectivity index (χ0n) is 15.7. The van der Waals surface area contributed by atoms with Crippen LogP contribution in [0.4, 0.5) is 0 Å². The average molecular weight is 341 g/mol. The Morgan fingerprint density at radius 3 is 2.28 bits per heavy atom. The first kappa shape index (κ1) is 18.8. The molecule has 0 aromatic heterocycles. The van der Waals surface area contributed by atoms with E-state index in [1.54, 1.807) is 26.0 Å². The molecule has 4 heteroatoms. The van der Waals surface area contributed by atoms with Crippen LogP contribution in [0.25, 0.3) is 0 Å². The monoisotopic (exact) mass is 341 g/mol. The van der Waals surface area contributed by atoms with Gasteiger partial charge in [-0.2, -0.15) is 0 Å². The summed E-state index contributed by atoms with van der Waals surface area (Å²) in [4.78, 5) is 14.3. The molecule has 0 radical (unpaired) electrons. The molecule has 25 heavy (non-hydrogen) atoms. The number of carbonyl (C=O) groups excluding carboxylic acids is 1. The molecule has 1 atom stereocenters. The fourth-order valence-corrected chi connectivity index (χ4v) is 2.70. The Hall–Kier alpha value is -2.49. The van der Waals surface area contributed by atoms with Crippen molar-refractivity contribution in [1.82, 2.24) is 4.90 Å². The van der Waals surface area contributed by atoms with Gasteiger partial charge >= 0.3 is 0 Å². The van der Waals surface area contributed by atoms with E-state index in [1.807, 2.05) is 48.5 Å². The molecule has 2 aromatic carbocycles. The molecule has 1 amide bonds. The number of para-hydroxylation sites is 1. The van der Waals surface area contributed by atoms with Gasteiger partial charge in [-0.1, -0.05) is 44.2 Å². The summed E-state index contributed by atoms with van der Waals surface area (Å²) < 4.78 is 11.1. The maximum absolute atomic E-state index is 12.6. The molecular weight excluding hydrogens is 314 g/mol. The minimum absolute atomic E-state index is 0.0469. The second-order valence-electron chi connectivity index (χ2n) is 6.49. The van der Waals surface area contributed by atoms with Gasteiger partial charge in [0.25, 0.3) is 5.91 Å².